The smallest absolute Gasteiger partial charge is 0.264 e. The summed E-state index contributed by atoms with van der Waals surface area (Å²) in [5.41, 5.74) is 2.31. The number of ether oxygens (including phenoxy) is 1. The summed E-state index contributed by atoms with van der Waals surface area (Å²) >= 11 is 5.97. The average molecular weight is 457 g/mol. The van der Waals surface area contributed by atoms with E-state index in [0.717, 1.165) is 18.4 Å². The number of hydrogen-bond donors (Lipinski definition) is 1. The molecule has 0 fully saturated rings. The van der Waals surface area contributed by atoms with Gasteiger partial charge in [0.05, 0.1) is 23.4 Å². The molecule has 0 aliphatic carbocycles. The maximum absolute atomic E-state index is 13.5. The summed E-state index contributed by atoms with van der Waals surface area (Å²) < 4.78 is 33.7. The Balaban J connectivity index is 1.70. The van der Waals surface area contributed by atoms with Crippen LogP contribution in [-0.2, 0) is 16.4 Å². The van der Waals surface area contributed by atoms with Crippen LogP contribution in [0.3, 0.4) is 0 Å². The lowest BCUT2D eigenvalue weighted by Gasteiger charge is -2.30. The molecule has 0 unspecified atom stereocenters. The Hall–Kier alpha value is -3.03. The highest BCUT2D eigenvalue weighted by molar-refractivity contribution is 7.92. The van der Waals surface area contributed by atoms with Crippen molar-refractivity contribution >= 4 is 38.9 Å². The van der Waals surface area contributed by atoms with Crippen LogP contribution < -0.4 is 14.4 Å². The van der Waals surface area contributed by atoms with Crippen LogP contribution in [0.2, 0.25) is 5.02 Å². The molecule has 160 valence electrons. The van der Waals surface area contributed by atoms with Gasteiger partial charge in [-0.3, -0.25) is 9.10 Å². The molecule has 4 rings (SSSR count). The van der Waals surface area contributed by atoms with Crippen molar-refractivity contribution in [1.82, 2.24) is 0 Å². The van der Waals surface area contributed by atoms with Gasteiger partial charge in [0.2, 0.25) is 0 Å². The summed E-state index contributed by atoms with van der Waals surface area (Å²) in [5.74, 6) is -0.0629. The SMILES string of the molecule is COc1ccc(S(=O)(=O)N2CCCc3ccccc32)cc1NC(=O)c1cccc(Cl)c1. The van der Waals surface area contributed by atoms with E-state index in [1.165, 1.54) is 35.7 Å². The fourth-order valence-corrected chi connectivity index (χ4v) is 5.40. The van der Waals surface area contributed by atoms with Gasteiger partial charge in [-0.2, -0.15) is 0 Å². The molecule has 31 heavy (non-hydrogen) atoms. The largest absolute Gasteiger partial charge is 0.495 e. The highest BCUT2D eigenvalue weighted by atomic mass is 35.5. The molecule has 0 spiro atoms. The molecule has 0 radical (unpaired) electrons. The van der Waals surface area contributed by atoms with E-state index in [2.05, 4.69) is 5.32 Å². The quantitative estimate of drug-likeness (QED) is 0.601. The number of carbonyl (C=O) groups excluding carboxylic acids is 1. The van der Waals surface area contributed by atoms with E-state index in [1.54, 1.807) is 18.2 Å². The number of methoxy groups -OCH3 is 1. The Morgan fingerprint density at radius 2 is 1.87 bits per heavy atom. The van der Waals surface area contributed by atoms with E-state index in [9.17, 15) is 13.2 Å². The molecule has 8 heteroatoms. The standard InChI is InChI=1S/C23H21ClN2O4S/c1-30-22-12-11-19(15-20(22)25-23(27)17-7-4-9-18(24)14-17)31(28,29)26-13-5-8-16-6-2-3-10-21(16)26/h2-4,6-7,9-12,14-15H,5,8,13H2,1H3,(H,25,27). The van der Waals surface area contributed by atoms with Crippen LogP contribution in [0.1, 0.15) is 22.3 Å². The molecule has 0 bridgehead atoms. The molecule has 6 nitrogen and oxygen atoms in total. The van der Waals surface area contributed by atoms with Crippen LogP contribution in [0.5, 0.6) is 5.75 Å². The maximum Gasteiger partial charge on any atom is 0.264 e. The molecule has 0 aromatic heterocycles. The molecule has 1 heterocycles. The Kier molecular flexibility index (Phi) is 5.89. The predicted molar refractivity (Wildman–Crippen MR) is 122 cm³/mol. The zero-order chi connectivity index (χ0) is 22.0. The van der Waals surface area contributed by atoms with E-state index in [1.807, 2.05) is 24.3 Å². The molecular weight excluding hydrogens is 436 g/mol. The van der Waals surface area contributed by atoms with Gasteiger partial charge in [0, 0.05) is 17.1 Å². The Morgan fingerprint density at radius 1 is 1.06 bits per heavy atom. The molecular formula is C23H21ClN2O4S. The third kappa shape index (κ3) is 4.24. The molecule has 1 aliphatic rings. The number of nitrogens with zero attached hydrogens (tertiary/aromatic N) is 1. The summed E-state index contributed by atoms with van der Waals surface area (Å²) in [6.07, 6.45) is 1.58. The van der Waals surface area contributed by atoms with Gasteiger partial charge in [-0.05, 0) is 60.9 Å². The van der Waals surface area contributed by atoms with Crippen LogP contribution in [0.15, 0.2) is 71.6 Å². The second-order valence-corrected chi connectivity index (χ2v) is 9.43. The van der Waals surface area contributed by atoms with Crippen molar-refractivity contribution in [3.05, 3.63) is 82.9 Å². The van der Waals surface area contributed by atoms with Crippen LogP contribution in [0.4, 0.5) is 11.4 Å². The number of amides is 1. The number of anilines is 2. The van der Waals surface area contributed by atoms with Crippen molar-refractivity contribution in [3.63, 3.8) is 0 Å². The molecule has 1 amide bonds. The summed E-state index contributed by atoms with van der Waals surface area (Å²) in [5, 5.41) is 3.16. The molecule has 0 saturated carbocycles. The van der Waals surface area contributed by atoms with Gasteiger partial charge in [-0.1, -0.05) is 35.9 Å². The van der Waals surface area contributed by atoms with Gasteiger partial charge < -0.3 is 10.1 Å². The first-order chi connectivity index (χ1) is 14.9. The molecule has 1 N–H and O–H groups in total. The van der Waals surface area contributed by atoms with Gasteiger partial charge in [-0.15, -0.1) is 0 Å². The highest BCUT2D eigenvalue weighted by Crippen LogP contribution is 2.34. The second kappa shape index (κ2) is 8.61. The monoisotopic (exact) mass is 456 g/mol. The van der Waals surface area contributed by atoms with Gasteiger partial charge >= 0.3 is 0 Å². The summed E-state index contributed by atoms with van der Waals surface area (Å²) in [7, 11) is -2.37. The first kappa shape index (κ1) is 21.2. The molecule has 1 aliphatic heterocycles. The van der Waals surface area contributed by atoms with Crippen LogP contribution in [-0.4, -0.2) is 28.0 Å². The van der Waals surface area contributed by atoms with Crippen molar-refractivity contribution in [2.75, 3.05) is 23.3 Å². The third-order valence-corrected chi connectivity index (χ3v) is 7.21. The fraction of sp³-hybridized carbons (Fsp3) is 0.174. The second-order valence-electron chi connectivity index (χ2n) is 7.14. The number of carbonyl (C=O) groups is 1. The number of nitrogens with one attached hydrogen (secondary N) is 1. The van der Waals surface area contributed by atoms with Crippen molar-refractivity contribution in [2.45, 2.75) is 17.7 Å². The number of sulfonamides is 1. The normalized spacial score (nSPS) is 13.4. The molecule has 3 aromatic carbocycles. The Morgan fingerprint density at radius 3 is 2.65 bits per heavy atom. The van der Waals surface area contributed by atoms with Crippen LogP contribution >= 0.6 is 11.6 Å². The van der Waals surface area contributed by atoms with E-state index >= 15 is 0 Å². The van der Waals surface area contributed by atoms with Crippen molar-refractivity contribution in [3.8, 4) is 5.75 Å². The van der Waals surface area contributed by atoms with Crippen LogP contribution in [0, 0.1) is 0 Å². The topological polar surface area (TPSA) is 75.7 Å². The average Bonchev–Trinajstić information content (AvgIpc) is 2.78. The minimum Gasteiger partial charge on any atom is -0.495 e. The zero-order valence-electron chi connectivity index (χ0n) is 16.8. The third-order valence-electron chi connectivity index (χ3n) is 5.16. The van der Waals surface area contributed by atoms with E-state index in [0.29, 0.717) is 28.6 Å². The minimum absolute atomic E-state index is 0.0754. The number of aryl methyl sites for hydroxylation is 1. The number of halogens is 1. The van der Waals surface area contributed by atoms with E-state index in [4.69, 9.17) is 16.3 Å². The zero-order valence-corrected chi connectivity index (χ0v) is 18.4. The predicted octanol–water partition coefficient (Wildman–Crippen LogP) is 4.74. The number of rotatable bonds is 5. The number of hydrogen-bond acceptors (Lipinski definition) is 4. The highest BCUT2D eigenvalue weighted by Gasteiger charge is 2.29. The van der Waals surface area contributed by atoms with Crippen molar-refractivity contribution in [1.29, 1.82) is 0 Å². The van der Waals surface area contributed by atoms with Crippen molar-refractivity contribution < 1.29 is 17.9 Å². The van der Waals surface area contributed by atoms with Gasteiger partial charge in [-0.25, -0.2) is 8.42 Å². The molecule has 0 saturated heterocycles. The summed E-state index contributed by atoms with van der Waals surface area (Å²) in [4.78, 5) is 12.8. The Labute approximate surface area is 186 Å². The number of para-hydroxylation sites is 1. The van der Waals surface area contributed by atoms with Crippen LogP contribution in [0.25, 0.3) is 0 Å². The first-order valence-corrected chi connectivity index (χ1v) is 11.6. The minimum atomic E-state index is -3.82. The lowest BCUT2D eigenvalue weighted by atomic mass is 10.0. The van der Waals surface area contributed by atoms with E-state index in [-0.39, 0.29) is 10.6 Å². The number of benzene rings is 3. The maximum atomic E-state index is 13.5. The first-order valence-electron chi connectivity index (χ1n) is 9.76. The summed E-state index contributed by atoms with van der Waals surface area (Å²) in [6.45, 7) is 0.398. The van der Waals surface area contributed by atoms with Gasteiger partial charge in [0.15, 0.2) is 0 Å². The fourth-order valence-electron chi connectivity index (χ4n) is 3.65. The number of fused-ring (bicyclic) bond motifs is 1. The lowest BCUT2D eigenvalue weighted by molar-refractivity contribution is 0.102. The summed E-state index contributed by atoms with van der Waals surface area (Å²) in [6, 6.07) is 18.5. The van der Waals surface area contributed by atoms with Crippen molar-refractivity contribution in [2.24, 2.45) is 0 Å². The van der Waals surface area contributed by atoms with Gasteiger partial charge in [0.25, 0.3) is 15.9 Å². The molecule has 0 atom stereocenters. The Bertz CT molecular complexity index is 1240. The molecule has 3 aromatic rings. The lowest BCUT2D eigenvalue weighted by Crippen LogP contribution is -2.35. The van der Waals surface area contributed by atoms with Gasteiger partial charge in [0.1, 0.15) is 5.75 Å². The van der Waals surface area contributed by atoms with E-state index < -0.39 is 15.9 Å².